The molecule has 2 aromatic rings. The van der Waals surface area contributed by atoms with Crippen LogP contribution in [0, 0.1) is 17.7 Å². The summed E-state index contributed by atoms with van der Waals surface area (Å²) in [5.41, 5.74) is 1.62. The molecule has 1 fully saturated rings. The molecule has 0 aromatic heterocycles. The Morgan fingerprint density at radius 3 is 2.33 bits per heavy atom. The summed E-state index contributed by atoms with van der Waals surface area (Å²) >= 11 is 0. The molecule has 1 aliphatic carbocycles. The van der Waals surface area contributed by atoms with Crippen molar-refractivity contribution in [1.29, 1.82) is 0 Å². The lowest BCUT2D eigenvalue weighted by Crippen LogP contribution is -2.30. The van der Waals surface area contributed by atoms with Gasteiger partial charge >= 0.3 is 0 Å². The minimum absolute atomic E-state index is 0.0266. The van der Waals surface area contributed by atoms with Gasteiger partial charge in [0.1, 0.15) is 5.82 Å². The average Bonchev–Trinajstić information content (AvgIpc) is 3.23. The van der Waals surface area contributed by atoms with Gasteiger partial charge in [0.2, 0.25) is 0 Å². The smallest absolute Gasteiger partial charge is 0.251 e. The number of amides is 1. The van der Waals surface area contributed by atoms with Gasteiger partial charge in [-0.3, -0.25) is 4.79 Å². The van der Waals surface area contributed by atoms with Crippen LogP contribution in [0.3, 0.4) is 0 Å². The lowest BCUT2D eigenvalue weighted by atomic mass is 10.0. The maximum atomic E-state index is 12.9. The molecule has 1 saturated carbocycles. The summed E-state index contributed by atoms with van der Waals surface area (Å²) in [6, 6.07) is 15.7. The largest absolute Gasteiger partial charge is 0.345 e. The molecule has 3 heteroatoms. The predicted molar refractivity (Wildman–Crippen MR) is 80.3 cm³/mol. The molecule has 2 nitrogen and oxygen atoms in total. The second-order valence-corrected chi connectivity index (χ2v) is 5.75. The molecule has 1 N–H and O–H groups in total. The van der Waals surface area contributed by atoms with Gasteiger partial charge in [-0.05, 0) is 48.1 Å². The van der Waals surface area contributed by atoms with Crippen molar-refractivity contribution in [2.75, 3.05) is 0 Å². The minimum Gasteiger partial charge on any atom is -0.345 e. The number of halogens is 1. The first-order valence-electron chi connectivity index (χ1n) is 7.26. The number of carbonyl (C=O) groups is 1. The summed E-state index contributed by atoms with van der Waals surface area (Å²) in [7, 11) is 0. The molecule has 3 rings (SSSR count). The van der Waals surface area contributed by atoms with Gasteiger partial charge in [0.05, 0.1) is 6.04 Å². The highest BCUT2D eigenvalue weighted by Crippen LogP contribution is 2.46. The van der Waals surface area contributed by atoms with Crippen molar-refractivity contribution in [1.82, 2.24) is 5.32 Å². The summed E-state index contributed by atoms with van der Waals surface area (Å²) < 4.78 is 12.9. The van der Waals surface area contributed by atoms with Crippen LogP contribution >= 0.6 is 0 Å². The summed E-state index contributed by atoms with van der Waals surface area (Å²) in [6.07, 6.45) is 1.13. The second kappa shape index (κ2) is 5.68. The van der Waals surface area contributed by atoms with Crippen molar-refractivity contribution in [2.24, 2.45) is 11.8 Å². The minimum atomic E-state index is -0.332. The van der Waals surface area contributed by atoms with Gasteiger partial charge in [-0.25, -0.2) is 4.39 Å². The maximum Gasteiger partial charge on any atom is 0.251 e. The van der Waals surface area contributed by atoms with E-state index in [0.717, 1.165) is 12.0 Å². The fourth-order valence-corrected chi connectivity index (χ4v) is 2.74. The Balaban J connectivity index is 1.79. The van der Waals surface area contributed by atoms with Crippen molar-refractivity contribution >= 4 is 5.91 Å². The Labute approximate surface area is 124 Å². The van der Waals surface area contributed by atoms with Gasteiger partial charge in [0.15, 0.2) is 0 Å². The number of benzene rings is 2. The van der Waals surface area contributed by atoms with E-state index in [0.29, 0.717) is 17.4 Å². The van der Waals surface area contributed by atoms with Crippen molar-refractivity contribution in [3.63, 3.8) is 0 Å². The summed E-state index contributed by atoms with van der Waals surface area (Å²) in [5.74, 6) is 0.630. The van der Waals surface area contributed by atoms with Gasteiger partial charge in [-0.1, -0.05) is 37.3 Å². The molecule has 0 aliphatic heterocycles. The Kier molecular flexibility index (Phi) is 3.74. The standard InChI is InChI=1S/C18H18FNO/c1-12-11-16(12)17(13-5-3-2-4-6-13)20-18(21)14-7-9-15(19)10-8-14/h2-10,12,16-17H,11H2,1H3,(H,20,21). The quantitative estimate of drug-likeness (QED) is 0.904. The van der Waals surface area contributed by atoms with E-state index in [9.17, 15) is 9.18 Å². The van der Waals surface area contributed by atoms with E-state index < -0.39 is 0 Å². The molecular formula is C18H18FNO. The topological polar surface area (TPSA) is 29.1 Å². The maximum absolute atomic E-state index is 12.9. The van der Waals surface area contributed by atoms with Gasteiger partial charge < -0.3 is 5.32 Å². The molecule has 1 aliphatic rings. The van der Waals surface area contributed by atoms with E-state index >= 15 is 0 Å². The van der Waals surface area contributed by atoms with Crippen LogP contribution in [0.4, 0.5) is 4.39 Å². The van der Waals surface area contributed by atoms with E-state index in [1.807, 2.05) is 30.3 Å². The molecule has 0 radical (unpaired) electrons. The molecule has 108 valence electrons. The average molecular weight is 283 g/mol. The molecule has 0 saturated heterocycles. The molecule has 2 aromatic carbocycles. The van der Waals surface area contributed by atoms with E-state index in [1.165, 1.54) is 24.3 Å². The first-order chi connectivity index (χ1) is 10.1. The van der Waals surface area contributed by atoms with Crippen molar-refractivity contribution < 1.29 is 9.18 Å². The number of carbonyl (C=O) groups excluding carboxylic acids is 1. The SMILES string of the molecule is CC1CC1C(NC(=O)c1ccc(F)cc1)c1ccccc1. The zero-order valence-corrected chi connectivity index (χ0v) is 11.9. The highest BCUT2D eigenvalue weighted by atomic mass is 19.1. The Morgan fingerprint density at radius 1 is 1.14 bits per heavy atom. The van der Waals surface area contributed by atoms with E-state index in [1.54, 1.807) is 0 Å². The van der Waals surface area contributed by atoms with Gasteiger partial charge in [0, 0.05) is 5.56 Å². The van der Waals surface area contributed by atoms with Crippen LogP contribution in [-0.4, -0.2) is 5.91 Å². The lowest BCUT2D eigenvalue weighted by Gasteiger charge is -2.19. The molecule has 1 amide bonds. The number of nitrogens with one attached hydrogen (secondary N) is 1. The lowest BCUT2D eigenvalue weighted by molar-refractivity contribution is 0.0930. The fraction of sp³-hybridized carbons (Fsp3) is 0.278. The third kappa shape index (κ3) is 3.13. The van der Waals surface area contributed by atoms with Gasteiger partial charge in [-0.15, -0.1) is 0 Å². The second-order valence-electron chi connectivity index (χ2n) is 5.75. The third-order valence-corrected chi connectivity index (χ3v) is 4.15. The van der Waals surface area contributed by atoms with Crippen LogP contribution in [0.5, 0.6) is 0 Å². The fourth-order valence-electron chi connectivity index (χ4n) is 2.74. The molecule has 3 atom stereocenters. The summed E-state index contributed by atoms with van der Waals surface area (Å²) in [6.45, 7) is 2.20. The molecule has 0 heterocycles. The van der Waals surface area contributed by atoms with E-state index in [4.69, 9.17) is 0 Å². The highest BCUT2D eigenvalue weighted by Gasteiger charge is 2.40. The van der Waals surface area contributed by atoms with Crippen molar-refractivity contribution in [3.05, 3.63) is 71.5 Å². The van der Waals surface area contributed by atoms with Crippen LogP contribution in [0.15, 0.2) is 54.6 Å². The number of hydrogen-bond acceptors (Lipinski definition) is 1. The third-order valence-electron chi connectivity index (χ3n) is 4.15. The predicted octanol–water partition coefficient (Wildman–Crippen LogP) is 3.95. The van der Waals surface area contributed by atoms with Crippen molar-refractivity contribution in [2.45, 2.75) is 19.4 Å². The van der Waals surface area contributed by atoms with E-state index in [2.05, 4.69) is 12.2 Å². The van der Waals surface area contributed by atoms with Crippen LogP contribution in [0.2, 0.25) is 0 Å². The molecule has 0 spiro atoms. The highest BCUT2D eigenvalue weighted by molar-refractivity contribution is 5.94. The molecule has 3 unspecified atom stereocenters. The van der Waals surface area contributed by atoms with Crippen molar-refractivity contribution in [3.8, 4) is 0 Å². The Hall–Kier alpha value is -2.16. The first-order valence-corrected chi connectivity index (χ1v) is 7.26. The van der Waals surface area contributed by atoms with Crippen LogP contribution in [0.25, 0.3) is 0 Å². The van der Waals surface area contributed by atoms with Gasteiger partial charge in [0.25, 0.3) is 5.91 Å². The van der Waals surface area contributed by atoms with Crippen LogP contribution < -0.4 is 5.32 Å². The van der Waals surface area contributed by atoms with E-state index in [-0.39, 0.29) is 17.8 Å². The van der Waals surface area contributed by atoms with Crippen LogP contribution in [0.1, 0.15) is 35.3 Å². The zero-order valence-electron chi connectivity index (χ0n) is 11.9. The van der Waals surface area contributed by atoms with Gasteiger partial charge in [-0.2, -0.15) is 0 Å². The zero-order chi connectivity index (χ0) is 14.8. The Morgan fingerprint density at radius 2 is 1.76 bits per heavy atom. The monoisotopic (exact) mass is 283 g/mol. The number of rotatable bonds is 4. The first kappa shape index (κ1) is 13.8. The Bertz CT molecular complexity index is 623. The number of hydrogen-bond donors (Lipinski definition) is 1. The molecule has 0 bridgehead atoms. The van der Waals surface area contributed by atoms with Crippen LogP contribution in [-0.2, 0) is 0 Å². The summed E-state index contributed by atoms with van der Waals surface area (Å²) in [4.78, 5) is 12.3. The molecular weight excluding hydrogens is 265 g/mol. The molecule has 21 heavy (non-hydrogen) atoms. The summed E-state index contributed by atoms with van der Waals surface area (Å²) in [5, 5.41) is 3.10. The normalized spacial score (nSPS) is 21.6.